The maximum atomic E-state index is 9.40. The van der Waals surface area contributed by atoms with E-state index >= 15 is 0 Å². The molecule has 1 fully saturated rings. The zero-order valence-electron chi connectivity index (χ0n) is 13.5. The highest BCUT2D eigenvalue weighted by atomic mass is 16.3. The third-order valence-electron chi connectivity index (χ3n) is 4.74. The Hall–Kier alpha value is -1.06. The minimum atomic E-state index is 0.229. The molecule has 0 heterocycles. The number of benzene rings is 1. The summed E-state index contributed by atoms with van der Waals surface area (Å²) < 4.78 is 0. The second-order valence-electron chi connectivity index (χ2n) is 6.05. The van der Waals surface area contributed by atoms with Gasteiger partial charge >= 0.3 is 0 Å². The fourth-order valence-corrected chi connectivity index (χ4v) is 3.53. The number of nitrogens with zero attached hydrogens (tertiary/aromatic N) is 1. The average Bonchev–Trinajstić information content (AvgIpc) is 2.55. The first-order chi connectivity index (χ1) is 10.3. The lowest BCUT2D eigenvalue weighted by Crippen LogP contribution is -2.38. The summed E-state index contributed by atoms with van der Waals surface area (Å²) in [6.07, 6.45) is 7.62. The van der Waals surface area contributed by atoms with Crippen molar-refractivity contribution in [1.29, 1.82) is 0 Å². The summed E-state index contributed by atoms with van der Waals surface area (Å²) in [5, 5.41) is 12.7. The van der Waals surface area contributed by atoms with Crippen molar-refractivity contribution >= 4 is 5.69 Å². The highest BCUT2D eigenvalue weighted by Crippen LogP contribution is 2.28. The second-order valence-corrected chi connectivity index (χ2v) is 6.05. The van der Waals surface area contributed by atoms with Crippen molar-refractivity contribution in [3.8, 4) is 0 Å². The Bertz CT molecular complexity index is 394. The molecule has 3 heteroatoms. The van der Waals surface area contributed by atoms with E-state index in [0.29, 0.717) is 12.1 Å². The largest absolute Gasteiger partial charge is 0.395 e. The van der Waals surface area contributed by atoms with E-state index in [1.54, 1.807) is 0 Å². The topological polar surface area (TPSA) is 35.5 Å². The molecule has 1 aromatic rings. The fourth-order valence-electron chi connectivity index (χ4n) is 3.53. The zero-order valence-corrected chi connectivity index (χ0v) is 13.5. The van der Waals surface area contributed by atoms with E-state index in [9.17, 15) is 5.11 Å². The lowest BCUT2D eigenvalue weighted by atomic mass is 9.93. The van der Waals surface area contributed by atoms with Gasteiger partial charge in [0.05, 0.1) is 6.61 Å². The number of rotatable bonds is 7. The van der Waals surface area contributed by atoms with Gasteiger partial charge in [-0.15, -0.1) is 0 Å². The number of nitrogens with one attached hydrogen (secondary N) is 1. The van der Waals surface area contributed by atoms with Crippen LogP contribution in [0.5, 0.6) is 0 Å². The summed E-state index contributed by atoms with van der Waals surface area (Å²) >= 11 is 0. The average molecular weight is 290 g/mol. The highest BCUT2D eigenvalue weighted by Gasteiger charge is 2.21. The molecule has 118 valence electrons. The van der Waals surface area contributed by atoms with Crippen molar-refractivity contribution in [2.75, 3.05) is 25.1 Å². The molecule has 2 N–H and O–H groups in total. The summed E-state index contributed by atoms with van der Waals surface area (Å²) in [4.78, 5) is 2.41. The molecule has 3 nitrogen and oxygen atoms in total. The molecule has 1 atom stereocenters. The number of anilines is 1. The third kappa shape index (κ3) is 4.21. The quantitative estimate of drug-likeness (QED) is 0.807. The van der Waals surface area contributed by atoms with E-state index in [4.69, 9.17) is 0 Å². The van der Waals surface area contributed by atoms with Crippen molar-refractivity contribution in [2.24, 2.45) is 0 Å². The Morgan fingerprint density at radius 1 is 1.19 bits per heavy atom. The van der Waals surface area contributed by atoms with Crippen LogP contribution >= 0.6 is 0 Å². The Morgan fingerprint density at radius 2 is 1.86 bits per heavy atom. The number of aliphatic hydroxyl groups excluding tert-OH is 1. The first-order valence-electron chi connectivity index (χ1n) is 8.44. The minimum Gasteiger partial charge on any atom is -0.395 e. The van der Waals surface area contributed by atoms with E-state index in [-0.39, 0.29) is 6.61 Å². The third-order valence-corrected chi connectivity index (χ3v) is 4.74. The van der Waals surface area contributed by atoms with Gasteiger partial charge in [0, 0.05) is 24.3 Å². The molecule has 1 aromatic carbocycles. The Morgan fingerprint density at radius 3 is 2.38 bits per heavy atom. The lowest BCUT2D eigenvalue weighted by molar-refractivity contribution is 0.290. The van der Waals surface area contributed by atoms with Gasteiger partial charge in [-0.3, -0.25) is 0 Å². The lowest BCUT2D eigenvalue weighted by Gasteiger charge is -2.36. The summed E-state index contributed by atoms with van der Waals surface area (Å²) in [7, 11) is 2.02. The molecule has 0 radical (unpaired) electrons. The van der Waals surface area contributed by atoms with Crippen LogP contribution in [-0.2, 0) is 0 Å². The molecule has 1 aliphatic rings. The van der Waals surface area contributed by atoms with Crippen LogP contribution in [0.2, 0.25) is 0 Å². The maximum absolute atomic E-state index is 9.40. The molecule has 0 amide bonds. The smallest absolute Gasteiger partial charge is 0.0606 e. The number of hydrogen-bond donors (Lipinski definition) is 2. The number of aliphatic hydroxyl groups is 1. The molecule has 0 spiro atoms. The van der Waals surface area contributed by atoms with Crippen LogP contribution in [0.3, 0.4) is 0 Å². The predicted molar refractivity (Wildman–Crippen MR) is 89.8 cm³/mol. The molecule has 0 aliphatic heterocycles. The van der Waals surface area contributed by atoms with E-state index in [0.717, 1.165) is 13.0 Å². The zero-order chi connectivity index (χ0) is 15.1. The van der Waals surface area contributed by atoms with Gasteiger partial charge in [0.15, 0.2) is 0 Å². The Labute approximate surface area is 129 Å². The molecule has 21 heavy (non-hydrogen) atoms. The summed E-state index contributed by atoms with van der Waals surface area (Å²) in [5.74, 6) is 0. The van der Waals surface area contributed by atoms with Crippen LogP contribution < -0.4 is 10.2 Å². The van der Waals surface area contributed by atoms with Gasteiger partial charge in [-0.25, -0.2) is 0 Å². The van der Waals surface area contributed by atoms with Crippen molar-refractivity contribution in [3.63, 3.8) is 0 Å². The van der Waals surface area contributed by atoms with E-state index in [1.165, 1.54) is 43.4 Å². The van der Waals surface area contributed by atoms with Crippen molar-refractivity contribution < 1.29 is 5.11 Å². The van der Waals surface area contributed by atoms with Gasteiger partial charge in [-0.05, 0) is 44.0 Å². The molecular formula is C18H30N2O. The molecule has 1 aliphatic carbocycles. The summed E-state index contributed by atoms with van der Waals surface area (Å²) in [6, 6.07) is 9.93. The first kappa shape index (κ1) is 16.3. The van der Waals surface area contributed by atoms with Crippen LogP contribution in [0.25, 0.3) is 0 Å². The van der Waals surface area contributed by atoms with Gasteiger partial charge in [0.2, 0.25) is 0 Å². The van der Waals surface area contributed by atoms with Crippen molar-refractivity contribution in [3.05, 3.63) is 29.8 Å². The van der Waals surface area contributed by atoms with Crippen LogP contribution in [0.15, 0.2) is 24.3 Å². The van der Waals surface area contributed by atoms with Crippen LogP contribution in [0.1, 0.15) is 57.1 Å². The van der Waals surface area contributed by atoms with Crippen molar-refractivity contribution in [1.82, 2.24) is 5.32 Å². The standard InChI is InChI=1S/C18H30N2O/c1-3-18(19-2)15-9-11-17(12-10-15)20(13-14-21)16-7-5-4-6-8-16/h9-12,16,18-19,21H,3-8,13-14H2,1-2H3. The van der Waals surface area contributed by atoms with Crippen LogP contribution in [-0.4, -0.2) is 31.3 Å². The Balaban J connectivity index is 2.12. The van der Waals surface area contributed by atoms with E-state index in [2.05, 4.69) is 41.4 Å². The molecule has 0 saturated heterocycles. The van der Waals surface area contributed by atoms with Gasteiger partial charge in [0.1, 0.15) is 0 Å². The summed E-state index contributed by atoms with van der Waals surface area (Å²) in [5.41, 5.74) is 2.60. The molecule has 1 saturated carbocycles. The summed E-state index contributed by atoms with van der Waals surface area (Å²) in [6.45, 7) is 3.18. The van der Waals surface area contributed by atoms with Crippen molar-refractivity contribution in [2.45, 2.75) is 57.5 Å². The van der Waals surface area contributed by atoms with Gasteiger partial charge in [0.25, 0.3) is 0 Å². The number of hydrogen-bond acceptors (Lipinski definition) is 3. The predicted octanol–water partition coefficient (Wildman–Crippen LogP) is 3.49. The molecule has 0 aromatic heterocycles. The van der Waals surface area contributed by atoms with Crippen LogP contribution in [0, 0.1) is 0 Å². The van der Waals surface area contributed by atoms with E-state index < -0.39 is 0 Å². The normalized spacial score (nSPS) is 17.7. The SMILES string of the molecule is CCC(NC)c1ccc(N(CCO)C2CCCCC2)cc1. The Kier molecular flexibility index (Phi) is 6.52. The fraction of sp³-hybridized carbons (Fsp3) is 0.667. The second kappa shape index (κ2) is 8.40. The van der Waals surface area contributed by atoms with Crippen LogP contribution in [0.4, 0.5) is 5.69 Å². The van der Waals surface area contributed by atoms with E-state index in [1.807, 2.05) is 7.05 Å². The maximum Gasteiger partial charge on any atom is 0.0606 e. The molecule has 0 bridgehead atoms. The minimum absolute atomic E-state index is 0.229. The van der Waals surface area contributed by atoms with Gasteiger partial charge < -0.3 is 15.3 Å². The highest BCUT2D eigenvalue weighted by molar-refractivity contribution is 5.49. The molecular weight excluding hydrogens is 260 g/mol. The van der Waals surface area contributed by atoms with Gasteiger partial charge in [-0.1, -0.05) is 38.3 Å². The van der Waals surface area contributed by atoms with Gasteiger partial charge in [-0.2, -0.15) is 0 Å². The monoisotopic (exact) mass is 290 g/mol. The molecule has 1 unspecified atom stereocenters. The first-order valence-corrected chi connectivity index (χ1v) is 8.44. The molecule has 2 rings (SSSR count).